The third-order valence-corrected chi connectivity index (χ3v) is 5.77. The van der Waals surface area contributed by atoms with Gasteiger partial charge in [0.15, 0.2) is 0 Å². The third kappa shape index (κ3) is 3.63. The van der Waals surface area contributed by atoms with Crippen molar-refractivity contribution < 1.29 is 13.3 Å². The normalized spacial score (nSPS) is 11.3. The van der Waals surface area contributed by atoms with Crippen LogP contribution in [0.5, 0.6) is 0 Å². The first kappa shape index (κ1) is 19.3. The lowest BCUT2D eigenvalue weighted by molar-refractivity contribution is -0.384. The van der Waals surface area contributed by atoms with E-state index in [1.165, 1.54) is 6.07 Å². The predicted octanol–water partition coefficient (Wildman–Crippen LogP) is 3.30. The first-order chi connectivity index (χ1) is 14.3. The van der Waals surface area contributed by atoms with Gasteiger partial charge in [0.05, 0.1) is 26.5 Å². The zero-order valence-electron chi connectivity index (χ0n) is 15.3. The summed E-state index contributed by atoms with van der Waals surface area (Å²) >= 11 is 0. The molecule has 1 heterocycles. The standard InChI is InChI=1S/C20H14N4O5S/c25-20-19(21-17-7-3-4-8-18(17)22-20)15-5-1-2-6-16(15)23-30(28,29)14-11-9-13(10-12-14)24(26)27/h1-12,23H,(H,22,25). The maximum absolute atomic E-state index is 12.8. The molecule has 4 aromatic rings. The van der Waals surface area contributed by atoms with Gasteiger partial charge in [-0.25, -0.2) is 13.4 Å². The third-order valence-electron chi connectivity index (χ3n) is 4.38. The van der Waals surface area contributed by atoms with Gasteiger partial charge in [0.1, 0.15) is 5.69 Å². The summed E-state index contributed by atoms with van der Waals surface area (Å²) in [6.07, 6.45) is 0. The van der Waals surface area contributed by atoms with Gasteiger partial charge in [-0.1, -0.05) is 30.3 Å². The van der Waals surface area contributed by atoms with Crippen molar-refractivity contribution in [3.8, 4) is 11.3 Å². The number of aromatic nitrogens is 2. The Balaban J connectivity index is 1.76. The van der Waals surface area contributed by atoms with Gasteiger partial charge < -0.3 is 4.98 Å². The number of hydrogen-bond donors (Lipinski definition) is 2. The number of non-ortho nitro benzene ring substituents is 1. The smallest absolute Gasteiger partial charge is 0.275 e. The Morgan fingerprint density at radius 2 is 1.60 bits per heavy atom. The largest absolute Gasteiger partial charge is 0.319 e. The number of nitrogens with one attached hydrogen (secondary N) is 2. The van der Waals surface area contributed by atoms with Crippen LogP contribution in [0.1, 0.15) is 0 Å². The number of nitro groups is 1. The minimum Gasteiger partial charge on any atom is -0.319 e. The van der Waals surface area contributed by atoms with Gasteiger partial charge in [0.2, 0.25) is 0 Å². The summed E-state index contributed by atoms with van der Waals surface area (Å²) in [6.45, 7) is 0. The fourth-order valence-electron chi connectivity index (χ4n) is 2.94. The molecule has 0 aliphatic carbocycles. The molecule has 0 radical (unpaired) electrons. The monoisotopic (exact) mass is 422 g/mol. The second-order valence-corrected chi connectivity index (χ2v) is 8.02. The molecule has 0 saturated heterocycles. The van der Waals surface area contributed by atoms with Crippen LogP contribution < -0.4 is 10.3 Å². The van der Waals surface area contributed by atoms with Gasteiger partial charge in [-0.3, -0.25) is 19.6 Å². The van der Waals surface area contributed by atoms with Crippen molar-refractivity contribution in [2.24, 2.45) is 0 Å². The number of H-pyrrole nitrogens is 1. The molecule has 4 rings (SSSR count). The van der Waals surface area contributed by atoms with Crippen LogP contribution in [0.4, 0.5) is 11.4 Å². The summed E-state index contributed by atoms with van der Waals surface area (Å²) in [5.41, 5.74) is 0.960. The van der Waals surface area contributed by atoms with E-state index in [-0.39, 0.29) is 22.0 Å². The van der Waals surface area contributed by atoms with Crippen LogP contribution in [0, 0.1) is 10.1 Å². The van der Waals surface area contributed by atoms with Gasteiger partial charge in [-0.05, 0) is 30.3 Å². The SMILES string of the molecule is O=c1[nH]c2ccccc2nc1-c1ccccc1NS(=O)(=O)c1ccc([N+](=O)[O-])cc1. The molecule has 0 unspecified atom stereocenters. The summed E-state index contributed by atoms with van der Waals surface area (Å²) in [5, 5.41) is 10.8. The molecule has 0 aliphatic rings. The Kier molecular flexibility index (Phi) is 4.76. The van der Waals surface area contributed by atoms with Crippen molar-refractivity contribution in [1.29, 1.82) is 0 Å². The van der Waals surface area contributed by atoms with E-state index in [4.69, 9.17) is 0 Å². The Hall–Kier alpha value is -4.05. The van der Waals surface area contributed by atoms with Crippen LogP contribution in [-0.4, -0.2) is 23.3 Å². The van der Waals surface area contributed by atoms with Gasteiger partial charge in [-0.15, -0.1) is 0 Å². The number of rotatable bonds is 5. The molecule has 0 bridgehead atoms. The molecule has 0 fully saturated rings. The van der Waals surface area contributed by atoms with Crippen LogP contribution >= 0.6 is 0 Å². The topological polar surface area (TPSA) is 135 Å². The van der Waals surface area contributed by atoms with Crippen molar-refractivity contribution >= 4 is 32.4 Å². The number of sulfonamides is 1. The molecule has 0 amide bonds. The van der Waals surface area contributed by atoms with Crippen molar-refractivity contribution in [2.45, 2.75) is 4.90 Å². The number of anilines is 1. The van der Waals surface area contributed by atoms with Gasteiger partial charge in [-0.2, -0.15) is 0 Å². The molecule has 1 aromatic heterocycles. The number of nitrogens with zero attached hydrogens (tertiary/aromatic N) is 2. The second kappa shape index (κ2) is 7.41. The number of hydrogen-bond acceptors (Lipinski definition) is 6. The maximum Gasteiger partial charge on any atom is 0.275 e. The number of fused-ring (bicyclic) bond motifs is 1. The summed E-state index contributed by atoms with van der Waals surface area (Å²) in [6, 6.07) is 17.9. The summed E-state index contributed by atoms with van der Waals surface area (Å²) in [4.78, 5) is 29.7. The van der Waals surface area contributed by atoms with Gasteiger partial charge >= 0.3 is 0 Å². The summed E-state index contributed by atoms with van der Waals surface area (Å²) < 4.78 is 28.0. The average molecular weight is 422 g/mol. The molecular formula is C20H14N4O5S. The molecule has 0 aliphatic heterocycles. The Morgan fingerprint density at radius 3 is 2.33 bits per heavy atom. The fourth-order valence-corrected chi connectivity index (χ4v) is 4.02. The second-order valence-electron chi connectivity index (χ2n) is 6.33. The van der Waals surface area contributed by atoms with Crippen LogP contribution in [-0.2, 0) is 10.0 Å². The Labute approximate surface area is 170 Å². The van der Waals surface area contributed by atoms with E-state index in [0.29, 0.717) is 16.6 Å². The highest BCUT2D eigenvalue weighted by molar-refractivity contribution is 7.92. The van der Waals surface area contributed by atoms with Gasteiger partial charge in [0, 0.05) is 17.7 Å². The molecule has 0 saturated carbocycles. The van der Waals surface area contributed by atoms with E-state index in [1.54, 1.807) is 42.5 Å². The predicted molar refractivity (Wildman–Crippen MR) is 112 cm³/mol. The minimum absolute atomic E-state index is 0.0655. The van der Waals surface area contributed by atoms with Crippen LogP contribution in [0.3, 0.4) is 0 Å². The maximum atomic E-state index is 12.8. The van der Waals surface area contributed by atoms with Crippen molar-refractivity contribution in [1.82, 2.24) is 9.97 Å². The lowest BCUT2D eigenvalue weighted by Crippen LogP contribution is -2.16. The summed E-state index contributed by atoms with van der Waals surface area (Å²) in [7, 11) is -4.05. The minimum atomic E-state index is -4.05. The highest BCUT2D eigenvalue weighted by Crippen LogP contribution is 2.27. The van der Waals surface area contributed by atoms with Crippen LogP contribution in [0.2, 0.25) is 0 Å². The average Bonchev–Trinajstić information content (AvgIpc) is 2.73. The molecule has 2 N–H and O–H groups in total. The van der Waals surface area contributed by atoms with Crippen molar-refractivity contribution in [2.75, 3.05) is 4.72 Å². The van der Waals surface area contributed by atoms with E-state index in [1.807, 2.05) is 0 Å². The molecule has 0 spiro atoms. The highest BCUT2D eigenvalue weighted by Gasteiger charge is 2.19. The van der Waals surface area contributed by atoms with E-state index < -0.39 is 20.5 Å². The molecule has 150 valence electrons. The number of nitro benzene ring substituents is 1. The first-order valence-corrected chi connectivity index (χ1v) is 10.2. The van der Waals surface area contributed by atoms with E-state index in [2.05, 4.69) is 14.7 Å². The Bertz CT molecular complexity index is 1430. The molecule has 9 nitrogen and oxygen atoms in total. The van der Waals surface area contributed by atoms with Crippen molar-refractivity contribution in [3.63, 3.8) is 0 Å². The zero-order chi connectivity index (χ0) is 21.3. The van der Waals surface area contributed by atoms with Crippen LogP contribution in [0.25, 0.3) is 22.3 Å². The van der Waals surface area contributed by atoms with Crippen molar-refractivity contribution in [3.05, 3.63) is 93.3 Å². The molecular weight excluding hydrogens is 408 g/mol. The molecule has 10 heteroatoms. The number of para-hydroxylation sites is 3. The lowest BCUT2D eigenvalue weighted by atomic mass is 10.1. The number of aromatic amines is 1. The molecule has 3 aromatic carbocycles. The van der Waals surface area contributed by atoms with Gasteiger partial charge in [0.25, 0.3) is 21.3 Å². The van der Waals surface area contributed by atoms with Crippen LogP contribution in [0.15, 0.2) is 82.5 Å². The lowest BCUT2D eigenvalue weighted by Gasteiger charge is -2.12. The quantitative estimate of drug-likeness (QED) is 0.374. The summed E-state index contributed by atoms with van der Waals surface area (Å²) in [5.74, 6) is 0. The number of benzene rings is 3. The van der Waals surface area contributed by atoms with E-state index >= 15 is 0 Å². The molecule has 30 heavy (non-hydrogen) atoms. The fraction of sp³-hybridized carbons (Fsp3) is 0. The first-order valence-electron chi connectivity index (χ1n) is 8.71. The zero-order valence-corrected chi connectivity index (χ0v) is 16.1. The highest BCUT2D eigenvalue weighted by atomic mass is 32.2. The van der Waals surface area contributed by atoms with E-state index in [9.17, 15) is 23.3 Å². The Morgan fingerprint density at radius 1 is 0.933 bits per heavy atom. The van der Waals surface area contributed by atoms with E-state index in [0.717, 1.165) is 24.3 Å². The molecule has 0 atom stereocenters.